The van der Waals surface area contributed by atoms with Crippen LogP contribution in [0.15, 0.2) is 12.1 Å². The molecule has 17 heavy (non-hydrogen) atoms. The maximum absolute atomic E-state index is 9.46. The number of rotatable bonds is 2. The first kappa shape index (κ1) is 12.5. The van der Waals surface area contributed by atoms with Gasteiger partial charge in [0, 0.05) is 6.54 Å². The first-order chi connectivity index (χ1) is 8.22. The molecule has 0 bridgehead atoms. The maximum Gasteiger partial charge on any atom is 0.153 e. The molecule has 0 aromatic carbocycles. The summed E-state index contributed by atoms with van der Waals surface area (Å²) in [5.74, 6) is 0.707. The molecule has 3 N–H and O–H groups in total. The van der Waals surface area contributed by atoms with Crippen molar-refractivity contribution in [1.29, 1.82) is 0 Å². The van der Waals surface area contributed by atoms with Crippen molar-refractivity contribution in [3.63, 3.8) is 0 Å². The molecule has 0 saturated carbocycles. The number of pyridine rings is 1. The summed E-state index contributed by atoms with van der Waals surface area (Å²) in [7, 11) is 0. The van der Waals surface area contributed by atoms with Crippen LogP contribution in [0.25, 0.3) is 0 Å². The summed E-state index contributed by atoms with van der Waals surface area (Å²) in [5, 5.41) is 9.90. The van der Waals surface area contributed by atoms with E-state index in [4.69, 9.17) is 17.3 Å². The van der Waals surface area contributed by atoms with Crippen LogP contribution >= 0.6 is 11.6 Å². The Labute approximate surface area is 106 Å². The highest BCUT2D eigenvalue weighted by molar-refractivity contribution is 6.29. The molecule has 0 amide bonds. The summed E-state index contributed by atoms with van der Waals surface area (Å²) in [5.41, 5.74) is 6.56. The zero-order valence-electron chi connectivity index (χ0n) is 9.77. The SMILES string of the molecule is Nc1ccc(Cl)nc1N1CCCCCC1CO. The Kier molecular flexibility index (Phi) is 4.07. The van der Waals surface area contributed by atoms with E-state index in [1.54, 1.807) is 12.1 Å². The molecule has 0 radical (unpaired) electrons. The Morgan fingerprint density at radius 1 is 1.41 bits per heavy atom. The van der Waals surface area contributed by atoms with E-state index in [1.807, 2.05) is 0 Å². The van der Waals surface area contributed by atoms with Gasteiger partial charge in [-0.25, -0.2) is 4.98 Å². The van der Waals surface area contributed by atoms with Crippen LogP contribution in [0.3, 0.4) is 0 Å². The highest BCUT2D eigenvalue weighted by atomic mass is 35.5. The third-order valence-corrected chi connectivity index (χ3v) is 3.44. The Hall–Kier alpha value is -1.00. The minimum absolute atomic E-state index is 0.103. The monoisotopic (exact) mass is 255 g/mol. The van der Waals surface area contributed by atoms with Gasteiger partial charge in [-0.3, -0.25) is 0 Å². The lowest BCUT2D eigenvalue weighted by Gasteiger charge is -2.30. The molecular formula is C12H18ClN3O. The first-order valence-electron chi connectivity index (χ1n) is 6.02. The number of hydrogen-bond acceptors (Lipinski definition) is 4. The molecule has 2 heterocycles. The first-order valence-corrected chi connectivity index (χ1v) is 6.39. The Morgan fingerprint density at radius 3 is 3.00 bits per heavy atom. The van der Waals surface area contributed by atoms with Crippen molar-refractivity contribution in [2.75, 3.05) is 23.8 Å². The van der Waals surface area contributed by atoms with Crippen LogP contribution in [-0.2, 0) is 0 Å². The van der Waals surface area contributed by atoms with Gasteiger partial charge in [0.2, 0.25) is 0 Å². The smallest absolute Gasteiger partial charge is 0.153 e. The van der Waals surface area contributed by atoms with Crippen molar-refractivity contribution in [2.24, 2.45) is 0 Å². The second kappa shape index (κ2) is 5.56. The number of nitrogens with zero attached hydrogens (tertiary/aromatic N) is 2. The van der Waals surface area contributed by atoms with Crippen molar-refractivity contribution >= 4 is 23.1 Å². The minimum Gasteiger partial charge on any atom is -0.396 e. The second-order valence-corrected chi connectivity index (χ2v) is 4.81. The molecule has 1 aromatic rings. The van der Waals surface area contributed by atoms with Gasteiger partial charge < -0.3 is 15.7 Å². The van der Waals surface area contributed by atoms with E-state index in [9.17, 15) is 5.11 Å². The van der Waals surface area contributed by atoms with E-state index in [0.717, 1.165) is 25.8 Å². The van der Waals surface area contributed by atoms with Gasteiger partial charge in [-0.15, -0.1) is 0 Å². The van der Waals surface area contributed by atoms with Crippen LogP contribution < -0.4 is 10.6 Å². The molecule has 1 fully saturated rings. The molecule has 1 saturated heterocycles. The zero-order chi connectivity index (χ0) is 12.3. The summed E-state index contributed by atoms with van der Waals surface area (Å²) >= 11 is 5.91. The predicted octanol–water partition coefficient (Wildman–Crippen LogP) is 2.06. The van der Waals surface area contributed by atoms with E-state index in [1.165, 1.54) is 6.42 Å². The fourth-order valence-electron chi connectivity index (χ4n) is 2.31. The average Bonchev–Trinajstić information content (AvgIpc) is 2.57. The van der Waals surface area contributed by atoms with Gasteiger partial charge in [0.25, 0.3) is 0 Å². The van der Waals surface area contributed by atoms with Crippen LogP contribution in [-0.4, -0.2) is 29.3 Å². The highest BCUT2D eigenvalue weighted by Crippen LogP contribution is 2.28. The lowest BCUT2D eigenvalue weighted by atomic mass is 10.1. The number of nitrogens with two attached hydrogens (primary N) is 1. The van der Waals surface area contributed by atoms with E-state index in [-0.39, 0.29) is 12.6 Å². The average molecular weight is 256 g/mol. The zero-order valence-corrected chi connectivity index (χ0v) is 10.5. The fourth-order valence-corrected chi connectivity index (χ4v) is 2.46. The fraction of sp³-hybridized carbons (Fsp3) is 0.583. The lowest BCUT2D eigenvalue weighted by molar-refractivity contribution is 0.254. The van der Waals surface area contributed by atoms with Crippen molar-refractivity contribution in [1.82, 2.24) is 4.98 Å². The standard InChI is InChI=1S/C12H18ClN3O/c13-11-6-5-10(14)12(15-11)16-7-3-1-2-4-9(16)8-17/h5-6,9,17H,1-4,7-8,14H2. The lowest BCUT2D eigenvalue weighted by Crippen LogP contribution is -2.38. The molecule has 2 rings (SSSR count). The van der Waals surface area contributed by atoms with E-state index < -0.39 is 0 Å². The third-order valence-electron chi connectivity index (χ3n) is 3.23. The van der Waals surface area contributed by atoms with Crippen LogP contribution in [0.5, 0.6) is 0 Å². The van der Waals surface area contributed by atoms with Crippen molar-refractivity contribution in [3.05, 3.63) is 17.3 Å². The van der Waals surface area contributed by atoms with Gasteiger partial charge in [-0.1, -0.05) is 24.4 Å². The molecule has 0 aliphatic carbocycles. The van der Waals surface area contributed by atoms with Crippen LogP contribution in [0.1, 0.15) is 25.7 Å². The maximum atomic E-state index is 9.46. The van der Waals surface area contributed by atoms with Gasteiger partial charge in [0.15, 0.2) is 5.82 Å². The summed E-state index contributed by atoms with van der Waals surface area (Å²) in [6.45, 7) is 1.01. The largest absolute Gasteiger partial charge is 0.396 e. The molecule has 1 atom stereocenters. The van der Waals surface area contributed by atoms with E-state index in [0.29, 0.717) is 16.7 Å². The number of hydrogen-bond donors (Lipinski definition) is 2. The quantitative estimate of drug-likeness (QED) is 0.794. The molecule has 94 valence electrons. The minimum atomic E-state index is 0.103. The summed E-state index contributed by atoms with van der Waals surface area (Å²) in [6.07, 6.45) is 4.41. The number of halogens is 1. The number of aliphatic hydroxyl groups excluding tert-OH is 1. The Morgan fingerprint density at radius 2 is 2.24 bits per heavy atom. The van der Waals surface area contributed by atoms with Gasteiger partial charge in [0.1, 0.15) is 5.15 Å². The number of aliphatic hydroxyl groups is 1. The van der Waals surface area contributed by atoms with Gasteiger partial charge in [-0.05, 0) is 25.0 Å². The third kappa shape index (κ3) is 2.82. The topological polar surface area (TPSA) is 62.4 Å². The molecule has 1 unspecified atom stereocenters. The molecule has 1 aliphatic rings. The summed E-state index contributed by atoms with van der Waals surface area (Å²) in [4.78, 5) is 6.38. The summed E-state index contributed by atoms with van der Waals surface area (Å²) in [6, 6.07) is 3.56. The number of aromatic nitrogens is 1. The Bertz CT molecular complexity index is 386. The highest BCUT2D eigenvalue weighted by Gasteiger charge is 2.23. The van der Waals surface area contributed by atoms with E-state index >= 15 is 0 Å². The van der Waals surface area contributed by atoms with Gasteiger partial charge in [0.05, 0.1) is 18.3 Å². The van der Waals surface area contributed by atoms with Crippen LogP contribution in [0, 0.1) is 0 Å². The van der Waals surface area contributed by atoms with E-state index in [2.05, 4.69) is 9.88 Å². The van der Waals surface area contributed by atoms with Gasteiger partial charge >= 0.3 is 0 Å². The predicted molar refractivity (Wildman–Crippen MR) is 70.3 cm³/mol. The number of anilines is 2. The normalized spacial score (nSPS) is 21.3. The van der Waals surface area contributed by atoms with Crippen molar-refractivity contribution in [2.45, 2.75) is 31.7 Å². The molecule has 1 aromatic heterocycles. The Balaban J connectivity index is 2.31. The second-order valence-electron chi connectivity index (χ2n) is 4.43. The molecule has 0 spiro atoms. The van der Waals surface area contributed by atoms with Crippen molar-refractivity contribution in [3.8, 4) is 0 Å². The molecule has 1 aliphatic heterocycles. The van der Waals surface area contributed by atoms with Crippen molar-refractivity contribution < 1.29 is 5.11 Å². The van der Waals surface area contributed by atoms with Crippen LogP contribution in [0.4, 0.5) is 11.5 Å². The molecule has 5 heteroatoms. The van der Waals surface area contributed by atoms with Gasteiger partial charge in [-0.2, -0.15) is 0 Å². The molecular weight excluding hydrogens is 238 g/mol. The number of nitrogen functional groups attached to an aromatic ring is 1. The summed E-state index contributed by atoms with van der Waals surface area (Å²) < 4.78 is 0. The van der Waals surface area contributed by atoms with Crippen LogP contribution in [0.2, 0.25) is 5.15 Å². The molecule has 4 nitrogen and oxygen atoms in total.